The summed E-state index contributed by atoms with van der Waals surface area (Å²) in [6.07, 6.45) is 2.93. The molecule has 80 heavy (non-hydrogen) atoms. The summed E-state index contributed by atoms with van der Waals surface area (Å²) in [6, 6.07) is -2.61. The van der Waals surface area contributed by atoms with E-state index in [9.17, 15) is 75.7 Å². The normalized spacial score (nSPS) is 30.7. The summed E-state index contributed by atoms with van der Waals surface area (Å²) >= 11 is 0. The highest BCUT2D eigenvalue weighted by molar-refractivity contribution is 5.77. The molecule has 3 aliphatic rings. The monoisotopic (exact) mass is 1150 g/mol. The van der Waals surface area contributed by atoms with Crippen molar-refractivity contribution in [1.82, 2.24) is 10.6 Å². The molecule has 0 saturated carbocycles. The average molecular weight is 1150 g/mol. The van der Waals surface area contributed by atoms with Gasteiger partial charge in [0.1, 0.15) is 67.1 Å². The molecule has 0 radical (unpaired) electrons. The van der Waals surface area contributed by atoms with Crippen LogP contribution in [0.5, 0.6) is 0 Å². The summed E-state index contributed by atoms with van der Waals surface area (Å²) < 4.78 is 34.6. The van der Waals surface area contributed by atoms with E-state index >= 15 is 0 Å². The SMILES string of the molecule is CCCCCCCCCCCCCCCC/C=C/C(O)C(COC1OC(CO)C(OC2OC(CO)C(O)C(OC3(C(=O)O)CC(O)C(NC(C)=O)C(C(O)C(O)CO)O3)C2O)C(O)C1O)NC(=O)CCCCCCCCCCCC. The fourth-order valence-corrected chi connectivity index (χ4v) is 10.6. The molecule has 18 atom stereocenters. The van der Waals surface area contributed by atoms with Gasteiger partial charge in [0.2, 0.25) is 11.8 Å². The number of carbonyl (C=O) groups is 3. The van der Waals surface area contributed by atoms with Gasteiger partial charge < -0.3 is 100 Å². The van der Waals surface area contributed by atoms with E-state index < -0.39 is 155 Å². The molecule has 18 unspecified atom stereocenters. The first-order valence-electron chi connectivity index (χ1n) is 30.1. The Bertz CT molecular complexity index is 1700. The summed E-state index contributed by atoms with van der Waals surface area (Å²) in [4.78, 5) is 38.3. The highest BCUT2D eigenvalue weighted by atomic mass is 16.8. The van der Waals surface area contributed by atoms with E-state index in [4.69, 9.17) is 28.4 Å². The molecule has 0 aromatic rings. The maximum Gasteiger partial charge on any atom is 0.364 e. The number of aliphatic hydroxyl groups excluding tert-OH is 11. The van der Waals surface area contributed by atoms with Crippen LogP contribution in [0.4, 0.5) is 0 Å². The molecule has 2 amide bonds. The number of carboxylic acids is 1. The van der Waals surface area contributed by atoms with Crippen LogP contribution in [0.25, 0.3) is 0 Å². The molecule has 3 saturated heterocycles. The standard InChI is InChI=1S/C57H104N2O21/c1-4-6-8-10-12-14-16-17-18-19-20-21-22-24-26-28-30-39(64)38(59-44(67)31-29-27-25-23-15-13-11-9-7-5-2)36-75-54-49(71)48(70)51(43(35-62)77-54)78-55-50(72)53(47(69)42(34-61)76-55)80-57(56(73)74)32-40(65)45(58-37(3)63)52(79-57)46(68)41(66)33-60/h28,30,38-43,45-55,60-62,64-66,68-72H,4-27,29,31-36H2,1-3H3,(H,58,63)(H,59,67)(H,73,74)/b30-28+. The zero-order valence-corrected chi connectivity index (χ0v) is 47.9. The number of ether oxygens (including phenoxy) is 6. The van der Waals surface area contributed by atoms with Crippen molar-refractivity contribution < 1.29 is 104 Å². The second-order valence-corrected chi connectivity index (χ2v) is 22.2. The van der Waals surface area contributed by atoms with Crippen molar-refractivity contribution in [3.05, 3.63) is 12.2 Å². The van der Waals surface area contributed by atoms with Gasteiger partial charge in [-0.1, -0.05) is 167 Å². The third-order valence-electron chi connectivity index (χ3n) is 15.5. The van der Waals surface area contributed by atoms with Crippen molar-refractivity contribution in [3.8, 4) is 0 Å². The number of hydrogen-bond acceptors (Lipinski definition) is 20. The highest BCUT2D eigenvalue weighted by Gasteiger charge is 2.60. The van der Waals surface area contributed by atoms with Gasteiger partial charge in [0.15, 0.2) is 12.6 Å². The summed E-state index contributed by atoms with van der Waals surface area (Å²) in [5.74, 6) is -6.14. The summed E-state index contributed by atoms with van der Waals surface area (Å²) in [5.41, 5.74) is 0. The van der Waals surface area contributed by atoms with Crippen LogP contribution in [0.3, 0.4) is 0 Å². The minimum absolute atomic E-state index is 0.203. The van der Waals surface area contributed by atoms with Gasteiger partial charge in [-0.05, 0) is 19.3 Å². The van der Waals surface area contributed by atoms with Gasteiger partial charge in [-0.15, -0.1) is 0 Å². The zero-order chi connectivity index (χ0) is 59.0. The first-order valence-corrected chi connectivity index (χ1v) is 30.1. The molecule has 23 nitrogen and oxygen atoms in total. The minimum Gasteiger partial charge on any atom is -0.477 e. The number of allylic oxidation sites excluding steroid dienone is 1. The Morgan fingerprint density at radius 1 is 0.650 bits per heavy atom. The van der Waals surface area contributed by atoms with Crippen LogP contribution < -0.4 is 10.6 Å². The molecular weight excluding hydrogens is 1050 g/mol. The molecule has 3 aliphatic heterocycles. The average Bonchev–Trinajstić information content (AvgIpc) is 3.43. The first kappa shape index (κ1) is 71.7. The number of aliphatic hydroxyl groups is 11. The first-order chi connectivity index (χ1) is 38.4. The Labute approximate surface area is 473 Å². The lowest BCUT2D eigenvalue weighted by atomic mass is 9.88. The number of nitrogens with one attached hydrogen (secondary N) is 2. The van der Waals surface area contributed by atoms with Crippen molar-refractivity contribution >= 4 is 17.8 Å². The van der Waals surface area contributed by atoms with Gasteiger partial charge in [0.25, 0.3) is 5.79 Å². The molecule has 14 N–H and O–H groups in total. The molecule has 0 aliphatic carbocycles. The van der Waals surface area contributed by atoms with Gasteiger partial charge >= 0.3 is 5.97 Å². The van der Waals surface area contributed by atoms with Gasteiger partial charge in [0.05, 0.1) is 50.7 Å². The minimum atomic E-state index is -3.08. The molecule has 3 rings (SSSR count). The fourth-order valence-electron chi connectivity index (χ4n) is 10.6. The molecule has 0 aromatic heterocycles. The Morgan fingerprint density at radius 3 is 1.66 bits per heavy atom. The van der Waals surface area contributed by atoms with E-state index in [2.05, 4.69) is 24.5 Å². The van der Waals surface area contributed by atoms with Crippen LogP contribution in [-0.2, 0) is 42.8 Å². The van der Waals surface area contributed by atoms with E-state index in [-0.39, 0.29) is 12.3 Å². The number of rotatable bonds is 43. The molecule has 3 fully saturated rings. The number of amides is 2. The molecule has 0 spiro atoms. The van der Waals surface area contributed by atoms with Gasteiger partial charge in [-0.2, -0.15) is 0 Å². The quantitative estimate of drug-likeness (QED) is 0.0308. The van der Waals surface area contributed by atoms with E-state index in [1.54, 1.807) is 6.08 Å². The van der Waals surface area contributed by atoms with E-state index in [0.29, 0.717) is 12.8 Å². The Hall–Kier alpha value is -2.53. The summed E-state index contributed by atoms with van der Waals surface area (Å²) in [7, 11) is 0. The van der Waals surface area contributed by atoms with Crippen molar-refractivity contribution in [2.75, 3.05) is 26.4 Å². The molecule has 3 heterocycles. The largest absolute Gasteiger partial charge is 0.477 e. The van der Waals surface area contributed by atoms with Crippen LogP contribution in [-0.4, -0.2) is 215 Å². The Balaban J connectivity index is 1.68. The van der Waals surface area contributed by atoms with Crippen molar-refractivity contribution in [2.45, 2.75) is 304 Å². The van der Waals surface area contributed by atoms with Crippen LogP contribution in [0.2, 0.25) is 0 Å². The van der Waals surface area contributed by atoms with E-state index in [1.165, 1.54) is 103 Å². The number of carboxylic acid groups (broad SMARTS) is 1. The van der Waals surface area contributed by atoms with Crippen LogP contribution >= 0.6 is 0 Å². The maximum atomic E-state index is 13.3. The Kier molecular flexibility index (Phi) is 35.8. The zero-order valence-electron chi connectivity index (χ0n) is 47.9. The third kappa shape index (κ3) is 24.2. The fraction of sp³-hybridized carbons (Fsp3) is 0.912. The number of aliphatic carboxylic acids is 1. The lowest BCUT2D eigenvalue weighted by molar-refractivity contribution is -0.386. The van der Waals surface area contributed by atoms with Gasteiger partial charge in [-0.3, -0.25) is 9.59 Å². The maximum absolute atomic E-state index is 13.3. The smallest absolute Gasteiger partial charge is 0.364 e. The van der Waals surface area contributed by atoms with Crippen LogP contribution in [0.1, 0.15) is 194 Å². The summed E-state index contributed by atoms with van der Waals surface area (Å²) in [6.45, 7) is 2.08. The Morgan fingerprint density at radius 2 is 1.16 bits per heavy atom. The highest BCUT2D eigenvalue weighted by Crippen LogP contribution is 2.38. The summed E-state index contributed by atoms with van der Waals surface area (Å²) in [5, 5.41) is 135. The molecule has 0 aromatic carbocycles. The van der Waals surface area contributed by atoms with Crippen molar-refractivity contribution in [3.63, 3.8) is 0 Å². The van der Waals surface area contributed by atoms with Crippen LogP contribution in [0, 0.1) is 0 Å². The predicted octanol–water partition coefficient (Wildman–Crippen LogP) is 2.39. The second-order valence-electron chi connectivity index (χ2n) is 22.2. The lowest BCUT2D eigenvalue weighted by Gasteiger charge is -2.50. The molecular formula is C57H104N2O21. The van der Waals surface area contributed by atoms with Crippen molar-refractivity contribution in [1.29, 1.82) is 0 Å². The molecule has 468 valence electrons. The van der Waals surface area contributed by atoms with E-state index in [1.807, 2.05) is 6.08 Å². The number of unbranched alkanes of at least 4 members (excludes halogenated alkanes) is 23. The van der Waals surface area contributed by atoms with Crippen LogP contribution in [0.15, 0.2) is 12.2 Å². The molecule has 0 bridgehead atoms. The predicted molar refractivity (Wildman–Crippen MR) is 292 cm³/mol. The number of hydrogen-bond donors (Lipinski definition) is 14. The van der Waals surface area contributed by atoms with Gasteiger partial charge in [-0.25, -0.2) is 4.79 Å². The van der Waals surface area contributed by atoms with Crippen molar-refractivity contribution in [2.24, 2.45) is 0 Å². The second kappa shape index (κ2) is 39.9. The van der Waals surface area contributed by atoms with E-state index in [0.717, 1.165) is 51.9 Å². The number of carbonyl (C=O) groups excluding carboxylic acids is 2. The molecule has 23 heteroatoms. The third-order valence-corrected chi connectivity index (χ3v) is 15.5. The van der Waals surface area contributed by atoms with Gasteiger partial charge in [0, 0.05) is 19.8 Å². The lowest BCUT2D eigenvalue weighted by Crippen LogP contribution is -2.70. The topological polar surface area (TPSA) is 373 Å².